The zero-order valence-corrected chi connectivity index (χ0v) is 14.2. The fraction of sp³-hybridized carbons (Fsp3) is 0.667. The number of allylic oxidation sites excluding steroid dienone is 4. The van der Waals surface area contributed by atoms with Gasteiger partial charge >= 0.3 is 0 Å². The largest absolute Gasteiger partial charge is 0.377 e. The van der Waals surface area contributed by atoms with Crippen molar-refractivity contribution in [3.63, 3.8) is 0 Å². The molecule has 0 radical (unpaired) electrons. The molecule has 5 atom stereocenters. The van der Waals surface area contributed by atoms with Crippen molar-refractivity contribution >= 4 is 5.78 Å². The van der Waals surface area contributed by atoms with Crippen LogP contribution in [0.1, 0.15) is 58.8 Å². The number of aliphatic hydroxyl groups is 1. The maximum absolute atomic E-state index is 11.8. The summed E-state index contributed by atoms with van der Waals surface area (Å²) < 4.78 is 0. The van der Waals surface area contributed by atoms with Gasteiger partial charge < -0.3 is 5.11 Å². The highest BCUT2D eigenvalue weighted by Crippen LogP contribution is 2.65. The molecule has 4 rings (SSSR count). The van der Waals surface area contributed by atoms with E-state index in [-0.39, 0.29) is 10.8 Å². The summed E-state index contributed by atoms with van der Waals surface area (Å²) in [7, 11) is 0. The first-order valence-corrected chi connectivity index (χ1v) is 8.99. The zero-order chi connectivity index (χ0) is 16.5. The maximum atomic E-state index is 11.8. The molecule has 2 heteroatoms. The highest BCUT2D eigenvalue weighted by Gasteiger charge is 2.61. The van der Waals surface area contributed by atoms with Gasteiger partial charge in [-0.15, -0.1) is 6.42 Å². The molecular weight excluding hydrogens is 284 g/mol. The van der Waals surface area contributed by atoms with Crippen LogP contribution in [0.15, 0.2) is 23.3 Å². The summed E-state index contributed by atoms with van der Waals surface area (Å²) in [5.74, 6) is 4.00. The molecule has 4 aliphatic rings. The number of rotatable bonds is 0. The lowest BCUT2D eigenvalue weighted by molar-refractivity contribution is -0.115. The standard InChI is InChI=1S/C21H26O2/c1-4-21(23)12-9-18-16-6-5-14-13-15(22)7-10-19(14,2)17(16)8-11-20(18,21)3/h1,8,13,16,18,23H,5-7,9-12H2,2-3H3/t16-,18-,19-,20+,21+/m1/s1. The van der Waals surface area contributed by atoms with E-state index in [1.807, 2.05) is 6.08 Å². The first kappa shape index (κ1) is 15.2. The number of hydrogen-bond donors (Lipinski definition) is 1. The van der Waals surface area contributed by atoms with Crippen molar-refractivity contribution < 1.29 is 9.90 Å². The van der Waals surface area contributed by atoms with Crippen molar-refractivity contribution in [3.05, 3.63) is 23.3 Å². The number of carbonyl (C=O) groups excluding carboxylic acids is 1. The topological polar surface area (TPSA) is 37.3 Å². The summed E-state index contributed by atoms with van der Waals surface area (Å²) in [5, 5.41) is 11.0. The second kappa shape index (κ2) is 4.61. The Hall–Kier alpha value is -1.33. The predicted molar refractivity (Wildman–Crippen MR) is 90.5 cm³/mol. The Morgan fingerprint density at radius 1 is 1.26 bits per heavy atom. The van der Waals surface area contributed by atoms with Crippen LogP contribution in [0.3, 0.4) is 0 Å². The number of terminal acetylenes is 1. The van der Waals surface area contributed by atoms with Crippen molar-refractivity contribution in [2.24, 2.45) is 22.7 Å². The Morgan fingerprint density at radius 2 is 2.04 bits per heavy atom. The van der Waals surface area contributed by atoms with Crippen LogP contribution < -0.4 is 0 Å². The minimum absolute atomic E-state index is 0.0645. The van der Waals surface area contributed by atoms with Gasteiger partial charge in [0, 0.05) is 17.3 Å². The molecular formula is C21H26O2. The minimum atomic E-state index is -0.959. The average Bonchev–Trinajstić information content (AvgIpc) is 2.80. The number of hydrogen-bond acceptors (Lipinski definition) is 2. The summed E-state index contributed by atoms with van der Waals surface area (Å²) in [5.41, 5.74) is 1.78. The van der Waals surface area contributed by atoms with Crippen LogP contribution in [-0.4, -0.2) is 16.5 Å². The molecule has 2 nitrogen and oxygen atoms in total. The number of carbonyl (C=O) groups is 1. The van der Waals surface area contributed by atoms with Crippen molar-refractivity contribution in [2.75, 3.05) is 0 Å². The molecule has 0 spiro atoms. The van der Waals surface area contributed by atoms with Crippen LogP contribution >= 0.6 is 0 Å². The highest BCUT2D eigenvalue weighted by molar-refractivity contribution is 5.92. The zero-order valence-electron chi connectivity index (χ0n) is 14.2. The maximum Gasteiger partial charge on any atom is 0.155 e. The van der Waals surface area contributed by atoms with Gasteiger partial charge in [-0.1, -0.05) is 37.0 Å². The number of fused-ring (bicyclic) bond motifs is 5. The van der Waals surface area contributed by atoms with Crippen molar-refractivity contribution in [2.45, 2.75) is 64.4 Å². The summed E-state index contributed by atoms with van der Waals surface area (Å²) in [6.45, 7) is 4.52. The second-order valence-corrected chi connectivity index (χ2v) is 8.54. The van der Waals surface area contributed by atoms with Gasteiger partial charge in [0.25, 0.3) is 0 Å². The molecule has 0 aliphatic heterocycles. The third kappa shape index (κ3) is 1.78. The molecule has 2 fully saturated rings. The lowest BCUT2D eigenvalue weighted by Crippen LogP contribution is -2.50. The van der Waals surface area contributed by atoms with Gasteiger partial charge in [0.2, 0.25) is 0 Å². The molecule has 0 unspecified atom stereocenters. The van der Waals surface area contributed by atoms with Crippen molar-refractivity contribution in [3.8, 4) is 12.3 Å². The minimum Gasteiger partial charge on any atom is -0.377 e. The predicted octanol–water partition coefficient (Wildman–Crippen LogP) is 3.80. The van der Waals surface area contributed by atoms with E-state index in [0.717, 1.165) is 38.5 Å². The SMILES string of the molecule is C#C[C@]1(O)CC[C@@H]2[C@@H]3CCC4=CC(=O)CC[C@@]4(C)C3=CC[C@@]21C. The smallest absolute Gasteiger partial charge is 0.155 e. The molecule has 0 saturated heterocycles. The molecule has 0 aromatic carbocycles. The Labute approximate surface area is 139 Å². The van der Waals surface area contributed by atoms with Gasteiger partial charge in [0.1, 0.15) is 5.60 Å². The summed E-state index contributed by atoms with van der Waals surface area (Å²) in [4.78, 5) is 11.8. The van der Waals surface area contributed by atoms with E-state index < -0.39 is 5.60 Å². The monoisotopic (exact) mass is 310 g/mol. The van der Waals surface area contributed by atoms with E-state index in [4.69, 9.17) is 6.42 Å². The molecule has 0 aromatic rings. The highest BCUT2D eigenvalue weighted by atomic mass is 16.3. The summed E-state index contributed by atoms with van der Waals surface area (Å²) in [6, 6.07) is 0. The second-order valence-electron chi connectivity index (χ2n) is 8.54. The summed E-state index contributed by atoms with van der Waals surface area (Å²) in [6.07, 6.45) is 16.3. The van der Waals surface area contributed by atoms with Crippen LogP contribution in [0.25, 0.3) is 0 Å². The molecule has 0 bridgehead atoms. The van der Waals surface area contributed by atoms with Crippen molar-refractivity contribution in [1.82, 2.24) is 0 Å². The molecule has 2 saturated carbocycles. The van der Waals surface area contributed by atoms with E-state index in [1.165, 1.54) is 11.1 Å². The Bertz CT molecular complexity index is 678. The molecule has 0 aromatic heterocycles. The molecule has 0 heterocycles. The van der Waals surface area contributed by atoms with Gasteiger partial charge in [-0.25, -0.2) is 0 Å². The van der Waals surface area contributed by atoms with E-state index >= 15 is 0 Å². The van der Waals surface area contributed by atoms with Gasteiger partial charge in [0.15, 0.2) is 5.78 Å². The van der Waals surface area contributed by atoms with Crippen LogP contribution in [-0.2, 0) is 4.79 Å². The molecule has 4 aliphatic carbocycles. The third-order valence-corrected chi connectivity index (χ3v) is 7.73. The Balaban J connectivity index is 1.78. The Kier molecular flexibility index (Phi) is 3.05. The summed E-state index contributed by atoms with van der Waals surface area (Å²) >= 11 is 0. The fourth-order valence-corrected chi connectivity index (χ4v) is 6.11. The van der Waals surface area contributed by atoms with Crippen LogP contribution in [0.4, 0.5) is 0 Å². The molecule has 1 N–H and O–H groups in total. The number of ketones is 1. The first-order valence-electron chi connectivity index (χ1n) is 8.99. The lowest BCUT2D eigenvalue weighted by Gasteiger charge is -2.54. The van der Waals surface area contributed by atoms with Gasteiger partial charge in [-0.3, -0.25) is 4.79 Å². The molecule has 122 valence electrons. The van der Waals surface area contributed by atoms with Crippen LogP contribution in [0.5, 0.6) is 0 Å². The first-order chi connectivity index (χ1) is 10.8. The van der Waals surface area contributed by atoms with E-state index in [0.29, 0.717) is 24.0 Å². The fourth-order valence-electron chi connectivity index (χ4n) is 6.11. The molecule has 0 amide bonds. The van der Waals surface area contributed by atoms with Crippen LogP contribution in [0.2, 0.25) is 0 Å². The lowest BCUT2D eigenvalue weighted by atomic mass is 9.51. The Morgan fingerprint density at radius 3 is 2.78 bits per heavy atom. The third-order valence-electron chi connectivity index (χ3n) is 7.73. The van der Waals surface area contributed by atoms with E-state index in [9.17, 15) is 9.90 Å². The van der Waals surface area contributed by atoms with Gasteiger partial charge in [0.05, 0.1) is 0 Å². The van der Waals surface area contributed by atoms with Crippen LogP contribution in [0, 0.1) is 35.0 Å². The quantitative estimate of drug-likeness (QED) is 0.546. The normalized spacial score (nSPS) is 48.5. The van der Waals surface area contributed by atoms with Gasteiger partial charge in [-0.05, 0) is 56.4 Å². The van der Waals surface area contributed by atoms with Crippen molar-refractivity contribution in [1.29, 1.82) is 0 Å². The van der Waals surface area contributed by atoms with E-state index in [1.54, 1.807) is 0 Å². The molecule has 23 heavy (non-hydrogen) atoms. The van der Waals surface area contributed by atoms with E-state index in [2.05, 4.69) is 25.8 Å². The van der Waals surface area contributed by atoms with Gasteiger partial charge in [-0.2, -0.15) is 0 Å². The average molecular weight is 310 g/mol.